The van der Waals surface area contributed by atoms with Gasteiger partial charge in [-0.25, -0.2) is 14.6 Å². The first-order valence-electron chi connectivity index (χ1n) is 9.13. The summed E-state index contributed by atoms with van der Waals surface area (Å²) in [6.07, 6.45) is 4.53. The van der Waals surface area contributed by atoms with Gasteiger partial charge in [0.2, 0.25) is 0 Å². The molecule has 0 aliphatic carbocycles. The van der Waals surface area contributed by atoms with E-state index in [1.165, 1.54) is 17.3 Å². The van der Waals surface area contributed by atoms with Crippen molar-refractivity contribution in [2.75, 3.05) is 0 Å². The number of hydrogen-bond acceptors (Lipinski definition) is 5. The van der Waals surface area contributed by atoms with Crippen LogP contribution >= 0.6 is 0 Å². The number of pyridine rings is 1. The van der Waals surface area contributed by atoms with Crippen LogP contribution in [0.2, 0.25) is 0 Å². The number of carbonyl (C=O) groups excluding carboxylic acids is 1. The minimum atomic E-state index is -0.176. The predicted octanol–water partition coefficient (Wildman–Crippen LogP) is 3.17. The summed E-state index contributed by atoms with van der Waals surface area (Å²) < 4.78 is 7.25. The van der Waals surface area contributed by atoms with Crippen LogP contribution in [-0.4, -0.2) is 25.7 Å². The highest BCUT2D eigenvalue weighted by molar-refractivity contribution is 5.94. The fraction of sp³-hybridized carbons (Fsp3) is 0.0909. The van der Waals surface area contributed by atoms with E-state index in [1.807, 2.05) is 54.6 Å². The monoisotopic (exact) mass is 385 g/mol. The van der Waals surface area contributed by atoms with Crippen LogP contribution in [0.3, 0.4) is 0 Å². The summed E-state index contributed by atoms with van der Waals surface area (Å²) in [5.74, 6) is 1.20. The molecule has 0 saturated carbocycles. The van der Waals surface area contributed by atoms with Crippen molar-refractivity contribution < 1.29 is 9.53 Å². The van der Waals surface area contributed by atoms with E-state index in [9.17, 15) is 4.79 Å². The number of carbonyl (C=O) groups is 1. The van der Waals surface area contributed by atoms with Gasteiger partial charge in [0.05, 0.1) is 0 Å². The van der Waals surface area contributed by atoms with Gasteiger partial charge in [-0.2, -0.15) is 5.10 Å². The number of rotatable bonds is 7. The minimum Gasteiger partial charge on any atom is -0.489 e. The molecular formula is C22H19N5O2. The SMILES string of the molecule is O=C(NCc1ccc(COc2ccccc2)cc1)c1ccnc(-n2cncn2)c1. The molecule has 144 valence electrons. The Morgan fingerprint density at radius 2 is 1.79 bits per heavy atom. The maximum absolute atomic E-state index is 12.5. The molecule has 0 spiro atoms. The van der Waals surface area contributed by atoms with Crippen LogP contribution < -0.4 is 10.1 Å². The van der Waals surface area contributed by atoms with E-state index in [1.54, 1.807) is 18.3 Å². The van der Waals surface area contributed by atoms with Crippen molar-refractivity contribution in [3.8, 4) is 11.6 Å². The van der Waals surface area contributed by atoms with Crippen LogP contribution in [0.15, 0.2) is 85.6 Å². The van der Waals surface area contributed by atoms with Gasteiger partial charge in [0, 0.05) is 18.3 Å². The molecule has 29 heavy (non-hydrogen) atoms. The molecule has 7 nitrogen and oxygen atoms in total. The number of hydrogen-bond donors (Lipinski definition) is 1. The molecule has 0 atom stereocenters. The Kier molecular flexibility index (Phi) is 5.57. The summed E-state index contributed by atoms with van der Waals surface area (Å²) in [7, 11) is 0. The Morgan fingerprint density at radius 1 is 1.00 bits per heavy atom. The first-order valence-corrected chi connectivity index (χ1v) is 9.13. The molecule has 0 fully saturated rings. The summed E-state index contributed by atoms with van der Waals surface area (Å²) in [4.78, 5) is 20.6. The molecule has 4 aromatic rings. The normalized spacial score (nSPS) is 10.5. The first kappa shape index (κ1) is 18.4. The molecule has 4 rings (SSSR count). The Hall–Kier alpha value is -4.00. The zero-order valence-corrected chi connectivity index (χ0v) is 15.6. The lowest BCUT2D eigenvalue weighted by atomic mass is 10.1. The van der Waals surface area contributed by atoms with Crippen molar-refractivity contribution >= 4 is 5.91 Å². The Labute approximate surface area is 168 Å². The van der Waals surface area contributed by atoms with Gasteiger partial charge in [-0.15, -0.1) is 0 Å². The zero-order valence-electron chi connectivity index (χ0n) is 15.6. The molecule has 2 aromatic heterocycles. The second kappa shape index (κ2) is 8.79. The van der Waals surface area contributed by atoms with Crippen LogP contribution in [0.5, 0.6) is 5.75 Å². The van der Waals surface area contributed by atoms with Crippen LogP contribution in [0.1, 0.15) is 21.5 Å². The van der Waals surface area contributed by atoms with Crippen molar-refractivity contribution in [3.63, 3.8) is 0 Å². The highest BCUT2D eigenvalue weighted by Gasteiger charge is 2.08. The van der Waals surface area contributed by atoms with Crippen LogP contribution in [0.4, 0.5) is 0 Å². The third kappa shape index (κ3) is 4.84. The van der Waals surface area contributed by atoms with Gasteiger partial charge in [-0.1, -0.05) is 42.5 Å². The van der Waals surface area contributed by atoms with Crippen LogP contribution in [0.25, 0.3) is 5.82 Å². The second-order valence-electron chi connectivity index (χ2n) is 6.34. The average Bonchev–Trinajstić information content (AvgIpc) is 3.33. The molecule has 7 heteroatoms. The third-order valence-corrected chi connectivity index (χ3v) is 4.29. The van der Waals surface area contributed by atoms with Crippen molar-refractivity contribution in [1.29, 1.82) is 0 Å². The van der Waals surface area contributed by atoms with Crippen LogP contribution in [0, 0.1) is 0 Å². The van der Waals surface area contributed by atoms with E-state index < -0.39 is 0 Å². The zero-order chi connectivity index (χ0) is 19.9. The maximum atomic E-state index is 12.5. The highest BCUT2D eigenvalue weighted by Crippen LogP contribution is 2.12. The van der Waals surface area contributed by atoms with Gasteiger partial charge in [-0.3, -0.25) is 4.79 Å². The molecule has 0 aliphatic rings. The number of amides is 1. The molecule has 2 aromatic carbocycles. The number of nitrogens with one attached hydrogen (secondary N) is 1. The third-order valence-electron chi connectivity index (χ3n) is 4.29. The van der Waals surface area contributed by atoms with Gasteiger partial charge in [0.1, 0.15) is 25.0 Å². The fourth-order valence-corrected chi connectivity index (χ4v) is 2.73. The van der Waals surface area contributed by atoms with Gasteiger partial charge < -0.3 is 10.1 Å². The predicted molar refractivity (Wildman–Crippen MR) is 108 cm³/mol. The van der Waals surface area contributed by atoms with E-state index in [2.05, 4.69) is 20.4 Å². The molecule has 0 unspecified atom stereocenters. The Morgan fingerprint density at radius 3 is 2.55 bits per heavy atom. The smallest absolute Gasteiger partial charge is 0.251 e. The standard InChI is InChI=1S/C22H19N5O2/c28-22(19-10-11-24-21(12-19)27-16-23-15-26-27)25-13-17-6-8-18(9-7-17)14-29-20-4-2-1-3-5-20/h1-12,15-16H,13-14H2,(H,25,28). The fourth-order valence-electron chi connectivity index (χ4n) is 2.73. The molecule has 2 heterocycles. The molecule has 0 bridgehead atoms. The van der Waals surface area contributed by atoms with Crippen molar-refractivity contribution in [1.82, 2.24) is 25.1 Å². The van der Waals surface area contributed by atoms with Crippen molar-refractivity contribution in [3.05, 3.63) is 102 Å². The van der Waals surface area contributed by atoms with Gasteiger partial charge in [0.15, 0.2) is 5.82 Å². The van der Waals surface area contributed by atoms with Gasteiger partial charge >= 0.3 is 0 Å². The molecule has 0 radical (unpaired) electrons. The first-order chi connectivity index (χ1) is 14.3. The summed E-state index contributed by atoms with van der Waals surface area (Å²) in [6, 6.07) is 21.0. The van der Waals surface area contributed by atoms with E-state index in [0.717, 1.165) is 16.9 Å². The highest BCUT2D eigenvalue weighted by atomic mass is 16.5. The summed E-state index contributed by atoms with van der Waals surface area (Å²) in [6.45, 7) is 0.929. The number of ether oxygens (including phenoxy) is 1. The van der Waals surface area contributed by atoms with Crippen molar-refractivity contribution in [2.24, 2.45) is 0 Å². The molecule has 0 saturated heterocycles. The van der Waals surface area contributed by atoms with E-state index in [0.29, 0.717) is 24.5 Å². The molecule has 0 aliphatic heterocycles. The summed E-state index contributed by atoms with van der Waals surface area (Å²) in [5.41, 5.74) is 2.58. The topological polar surface area (TPSA) is 81.9 Å². The molecule has 1 amide bonds. The second-order valence-corrected chi connectivity index (χ2v) is 6.34. The summed E-state index contributed by atoms with van der Waals surface area (Å²) in [5, 5.41) is 6.95. The van der Waals surface area contributed by atoms with Gasteiger partial charge in [-0.05, 0) is 35.4 Å². The van der Waals surface area contributed by atoms with Gasteiger partial charge in [0.25, 0.3) is 5.91 Å². The van der Waals surface area contributed by atoms with E-state index in [-0.39, 0.29) is 5.91 Å². The number of benzene rings is 2. The van der Waals surface area contributed by atoms with E-state index >= 15 is 0 Å². The lowest BCUT2D eigenvalue weighted by Gasteiger charge is -2.09. The largest absolute Gasteiger partial charge is 0.489 e. The lowest BCUT2D eigenvalue weighted by Crippen LogP contribution is -2.23. The summed E-state index contributed by atoms with van der Waals surface area (Å²) >= 11 is 0. The maximum Gasteiger partial charge on any atom is 0.251 e. The molecular weight excluding hydrogens is 366 g/mol. The van der Waals surface area contributed by atoms with Crippen molar-refractivity contribution in [2.45, 2.75) is 13.2 Å². The van der Waals surface area contributed by atoms with Crippen LogP contribution in [-0.2, 0) is 13.2 Å². The quantitative estimate of drug-likeness (QED) is 0.528. The number of para-hydroxylation sites is 1. The average molecular weight is 385 g/mol. The Balaban J connectivity index is 1.32. The molecule has 1 N–H and O–H groups in total. The lowest BCUT2D eigenvalue weighted by molar-refractivity contribution is 0.0950. The number of nitrogens with zero attached hydrogens (tertiary/aromatic N) is 4. The van der Waals surface area contributed by atoms with E-state index in [4.69, 9.17) is 4.74 Å². The number of aromatic nitrogens is 4. The minimum absolute atomic E-state index is 0.176. The Bertz CT molecular complexity index is 1060.